The lowest BCUT2D eigenvalue weighted by molar-refractivity contribution is 0.270. The number of phenolic OH excluding ortho intramolecular Hbond substituents is 1. The summed E-state index contributed by atoms with van der Waals surface area (Å²) in [6.07, 6.45) is 1.54. The average molecular weight is 258 g/mol. The molecule has 19 heavy (non-hydrogen) atoms. The van der Waals surface area contributed by atoms with Gasteiger partial charge in [0.2, 0.25) is 5.95 Å². The lowest BCUT2D eigenvalue weighted by atomic mass is 10.1. The molecule has 0 amide bonds. The van der Waals surface area contributed by atoms with E-state index in [9.17, 15) is 9.50 Å². The summed E-state index contributed by atoms with van der Waals surface area (Å²) in [6.45, 7) is 3.96. The number of aromatic nitrogens is 1. The summed E-state index contributed by atoms with van der Waals surface area (Å²) < 4.78 is 13.6. The lowest BCUT2D eigenvalue weighted by Gasteiger charge is -2.15. The van der Waals surface area contributed by atoms with E-state index in [4.69, 9.17) is 0 Å². The standard InChI is InChI=1S/C15H15FN2O/c1-10-4-13(15(16)17-6-10)9-18-7-11-2-3-14(19)5-12(11)8-18/h2-6,19H,7-9H2,1H3. The van der Waals surface area contributed by atoms with Gasteiger partial charge in [-0.05, 0) is 41.8 Å². The average Bonchev–Trinajstić information content (AvgIpc) is 2.75. The monoisotopic (exact) mass is 258 g/mol. The Hall–Kier alpha value is -1.94. The fraction of sp³-hybridized carbons (Fsp3) is 0.267. The lowest BCUT2D eigenvalue weighted by Crippen LogP contribution is -2.17. The Balaban J connectivity index is 1.78. The maximum Gasteiger partial charge on any atom is 0.217 e. The highest BCUT2D eigenvalue weighted by molar-refractivity contribution is 5.37. The molecule has 1 aliphatic heterocycles. The van der Waals surface area contributed by atoms with Crippen molar-refractivity contribution in [1.82, 2.24) is 9.88 Å². The fourth-order valence-electron chi connectivity index (χ4n) is 2.53. The molecule has 0 unspecified atom stereocenters. The van der Waals surface area contributed by atoms with E-state index in [0.29, 0.717) is 12.1 Å². The number of aryl methyl sites for hydroxylation is 1. The van der Waals surface area contributed by atoms with E-state index in [0.717, 1.165) is 24.2 Å². The molecule has 2 aromatic rings. The molecule has 0 saturated heterocycles. The second-order valence-corrected chi connectivity index (χ2v) is 5.06. The molecule has 0 radical (unpaired) electrons. The molecule has 0 atom stereocenters. The molecule has 1 aromatic heterocycles. The summed E-state index contributed by atoms with van der Waals surface area (Å²) >= 11 is 0. The van der Waals surface area contributed by atoms with Crippen LogP contribution in [-0.4, -0.2) is 15.0 Å². The quantitative estimate of drug-likeness (QED) is 0.841. The SMILES string of the molecule is Cc1cnc(F)c(CN2Cc3ccc(O)cc3C2)c1. The van der Waals surface area contributed by atoms with Gasteiger partial charge in [0.1, 0.15) is 5.75 Å². The Kier molecular flexibility index (Phi) is 2.95. The Bertz CT molecular complexity index is 628. The van der Waals surface area contributed by atoms with Crippen molar-refractivity contribution in [2.45, 2.75) is 26.6 Å². The van der Waals surface area contributed by atoms with Crippen molar-refractivity contribution >= 4 is 0 Å². The molecule has 0 bridgehead atoms. The minimum Gasteiger partial charge on any atom is -0.508 e. The Morgan fingerprint density at radius 3 is 2.89 bits per heavy atom. The summed E-state index contributed by atoms with van der Waals surface area (Å²) in [5.41, 5.74) is 3.89. The first kappa shape index (κ1) is 12.1. The molecule has 0 aliphatic carbocycles. The van der Waals surface area contributed by atoms with E-state index in [1.807, 2.05) is 19.1 Å². The van der Waals surface area contributed by atoms with Crippen LogP contribution in [0.2, 0.25) is 0 Å². The van der Waals surface area contributed by atoms with Crippen LogP contribution >= 0.6 is 0 Å². The van der Waals surface area contributed by atoms with Crippen molar-refractivity contribution in [3.8, 4) is 5.75 Å². The van der Waals surface area contributed by atoms with E-state index in [-0.39, 0.29) is 5.75 Å². The maximum atomic E-state index is 13.6. The highest BCUT2D eigenvalue weighted by Gasteiger charge is 2.20. The van der Waals surface area contributed by atoms with Gasteiger partial charge in [-0.25, -0.2) is 4.98 Å². The van der Waals surface area contributed by atoms with Crippen LogP contribution in [0.4, 0.5) is 4.39 Å². The van der Waals surface area contributed by atoms with Gasteiger partial charge in [-0.1, -0.05) is 6.07 Å². The Labute approximate surface area is 111 Å². The predicted octanol–water partition coefficient (Wildman–Crippen LogP) is 2.75. The molecule has 0 saturated carbocycles. The van der Waals surface area contributed by atoms with Crippen molar-refractivity contribution in [2.75, 3.05) is 0 Å². The van der Waals surface area contributed by atoms with E-state index < -0.39 is 5.95 Å². The van der Waals surface area contributed by atoms with Crippen LogP contribution in [0.25, 0.3) is 0 Å². The molecule has 3 nitrogen and oxygen atoms in total. The van der Waals surface area contributed by atoms with E-state index in [1.54, 1.807) is 12.1 Å². The Morgan fingerprint density at radius 2 is 2.05 bits per heavy atom. The van der Waals surface area contributed by atoms with Gasteiger partial charge in [0, 0.05) is 31.4 Å². The van der Waals surface area contributed by atoms with Gasteiger partial charge in [0.25, 0.3) is 0 Å². The maximum absolute atomic E-state index is 13.6. The molecule has 1 aromatic carbocycles. The van der Waals surface area contributed by atoms with Gasteiger partial charge >= 0.3 is 0 Å². The number of hydrogen-bond acceptors (Lipinski definition) is 3. The van der Waals surface area contributed by atoms with Gasteiger partial charge in [-0.2, -0.15) is 4.39 Å². The second-order valence-electron chi connectivity index (χ2n) is 5.06. The smallest absolute Gasteiger partial charge is 0.217 e. The molecule has 0 fully saturated rings. The topological polar surface area (TPSA) is 36.4 Å². The minimum absolute atomic E-state index is 0.281. The minimum atomic E-state index is -0.399. The number of phenols is 1. The number of benzene rings is 1. The van der Waals surface area contributed by atoms with Crippen LogP contribution in [0.3, 0.4) is 0 Å². The molecular weight excluding hydrogens is 243 g/mol. The van der Waals surface area contributed by atoms with Crippen molar-refractivity contribution in [1.29, 1.82) is 0 Å². The first-order chi connectivity index (χ1) is 9.11. The number of pyridine rings is 1. The number of fused-ring (bicyclic) bond motifs is 1. The first-order valence-corrected chi connectivity index (χ1v) is 6.26. The summed E-state index contributed by atoms with van der Waals surface area (Å²) in [6, 6.07) is 7.23. The van der Waals surface area contributed by atoms with E-state index >= 15 is 0 Å². The molecule has 98 valence electrons. The van der Waals surface area contributed by atoms with Crippen LogP contribution in [0.1, 0.15) is 22.3 Å². The largest absolute Gasteiger partial charge is 0.508 e. The molecule has 1 N–H and O–H groups in total. The van der Waals surface area contributed by atoms with Gasteiger partial charge in [0.15, 0.2) is 0 Å². The number of rotatable bonds is 2. The first-order valence-electron chi connectivity index (χ1n) is 6.26. The van der Waals surface area contributed by atoms with Crippen LogP contribution in [0.5, 0.6) is 5.75 Å². The van der Waals surface area contributed by atoms with E-state index in [1.165, 1.54) is 11.8 Å². The van der Waals surface area contributed by atoms with Crippen LogP contribution in [-0.2, 0) is 19.6 Å². The third-order valence-electron chi connectivity index (χ3n) is 3.42. The van der Waals surface area contributed by atoms with Gasteiger partial charge in [-0.3, -0.25) is 4.90 Å². The molecule has 1 aliphatic rings. The summed E-state index contributed by atoms with van der Waals surface area (Å²) in [5, 5.41) is 9.46. The zero-order valence-electron chi connectivity index (χ0n) is 10.7. The van der Waals surface area contributed by atoms with Crippen molar-refractivity contribution < 1.29 is 9.50 Å². The van der Waals surface area contributed by atoms with Crippen molar-refractivity contribution in [2.24, 2.45) is 0 Å². The molecule has 4 heteroatoms. The predicted molar refractivity (Wildman–Crippen MR) is 70.0 cm³/mol. The molecule has 0 spiro atoms. The van der Waals surface area contributed by atoms with Gasteiger partial charge < -0.3 is 5.11 Å². The van der Waals surface area contributed by atoms with Crippen LogP contribution in [0.15, 0.2) is 30.5 Å². The third kappa shape index (κ3) is 2.44. The summed E-state index contributed by atoms with van der Waals surface area (Å²) in [5.74, 6) is -0.117. The van der Waals surface area contributed by atoms with Crippen LogP contribution < -0.4 is 0 Å². The molecule has 2 heterocycles. The second kappa shape index (κ2) is 4.63. The highest BCUT2D eigenvalue weighted by atomic mass is 19.1. The number of halogens is 1. The zero-order chi connectivity index (χ0) is 13.4. The Morgan fingerprint density at radius 1 is 1.26 bits per heavy atom. The summed E-state index contributed by atoms with van der Waals surface area (Å²) in [4.78, 5) is 5.89. The van der Waals surface area contributed by atoms with Crippen LogP contribution in [0, 0.1) is 12.9 Å². The molecular formula is C15H15FN2O. The van der Waals surface area contributed by atoms with Crippen molar-refractivity contribution in [3.05, 3.63) is 58.7 Å². The number of aromatic hydroxyl groups is 1. The van der Waals surface area contributed by atoms with Gasteiger partial charge in [-0.15, -0.1) is 0 Å². The van der Waals surface area contributed by atoms with E-state index in [2.05, 4.69) is 9.88 Å². The van der Waals surface area contributed by atoms with Crippen molar-refractivity contribution in [3.63, 3.8) is 0 Å². The normalized spacial score (nSPS) is 14.6. The zero-order valence-corrected chi connectivity index (χ0v) is 10.7. The number of nitrogens with zero attached hydrogens (tertiary/aromatic N) is 2. The number of hydrogen-bond donors (Lipinski definition) is 1. The highest BCUT2D eigenvalue weighted by Crippen LogP contribution is 2.27. The third-order valence-corrected chi connectivity index (χ3v) is 3.42. The summed E-state index contributed by atoms with van der Waals surface area (Å²) in [7, 11) is 0. The van der Waals surface area contributed by atoms with Gasteiger partial charge in [0.05, 0.1) is 0 Å². The molecule has 3 rings (SSSR count). The fourth-order valence-corrected chi connectivity index (χ4v) is 2.53.